The van der Waals surface area contributed by atoms with Gasteiger partial charge in [-0.3, -0.25) is 4.99 Å². The molecule has 0 spiro atoms. The van der Waals surface area contributed by atoms with Crippen molar-refractivity contribution in [2.45, 2.75) is 111 Å². The lowest BCUT2D eigenvalue weighted by Gasteiger charge is -2.62. The summed E-state index contributed by atoms with van der Waals surface area (Å²) >= 11 is 0. The first kappa shape index (κ1) is 24.1. The first-order valence-electron chi connectivity index (χ1n) is 15.1. The van der Waals surface area contributed by atoms with Crippen LogP contribution in [0.25, 0.3) is 0 Å². The summed E-state index contributed by atoms with van der Waals surface area (Å²) in [5, 5.41) is 0. The van der Waals surface area contributed by atoms with Gasteiger partial charge in [0.25, 0.3) is 0 Å². The van der Waals surface area contributed by atoms with Crippen molar-refractivity contribution in [1.29, 1.82) is 0 Å². The molecule has 4 saturated carbocycles. The molecule has 1 aromatic carbocycles. The van der Waals surface area contributed by atoms with Crippen LogP contribution < -0.4 is 4.74 Å². The molecule has 0 N–H and O–H groups in total. The van der Waals surface area contributed by atoms with Crippen LogP contribution in [0.2, 0.25) is 0 Å². The van der Waals surface area contributed by atoms with Crippen LogP contribution in [0.3, 0.4) is 0 Å². The molecule has 5 aliphatic rings. The lowest BCUT2D eigenvalue weighted by molar-refractivity contribution is -0.122. The Balaban J connectivity index is 1.20. The van der Waals surface area contributed by atoms with Gasteiger partial charge in [0.15, 0.2) is 0 Å². The van der Waals surface area contributed by atoms with Crippen LogP contribution >= 0.6 is 0 Å². The monoisotopic (exact) mass is 475 g/mol. The number of fused-ring (bicyclic) bond motifs is 8. The van der Waals surface area contributed by atoms with Gasteiger partial charge in [0, 0.05) is 5.92 Å². The van der Waals surface area contributed by atoms with Crippen LogP contribution in [0, 0.1) is 52.3 Å². The Hall–Kier alpha value is -1.31. The van der Waals surface area contributed by atoms with Gasteiger partial charge in [-0.2, -0.15) is 0 Å². The molecule has 0 saturated heterocycles. The Morgan fingerprint density at radius 3 is 2.49 bits per heavy atom. The van der Waals surface area contributed by atoms with E-state index in [1.165, 1.54) is 69.9 Å². The fourth-order valence-corrected chi connectivity index (χ4v) is 10.4. The van der Waals surface area contributed by atoms with Crippen LogP contribution in [0.5, 0.6) is 5.75 Å². The minimum absolute atomic E-state index is 0.218. The molecular formula is C33H49NO. The lowest BCUT2D eigenvalue weighted by atomic mass is 9.44. The minimum atomic E-state index is 0.218. The second-order valence-electron chi connectivity index (χ2n) is 14.2. The number of ether oxygens (including phenoxy) is 1. The van der Waals surface area contributed by atoms with Crippen molar-refractivity contribution in [2.24, 2.45) is 57.2 Å². The van der Waals surface area contributed by atoms with E-state index in [1.807, 2.05) is 0 Å². The van der Waals surface area contributed by atoms with Gasteiger partial charge in [0.05, 0.1) is 5.71 Å². The Kier molecular flexibility index (Phi) is 6.12. The normalized spacial score (nSPS) is 42.6. The largest absolute Gasteiger partial charge is 0.482 e. The van der Waals surface area contributed by atoms with E-state index in [-0.39, 0.29) is 6.10 Å². The molecule has 0 aromatic heterocycles. The lowest BCUT2D eigenvalue weighted by Crippen LogP contribution is -2.59. The Morgan fingerprint density at radius 1 is 0.886 bits per heavy atom. The molecule has 0 unspecified atom stereocenters. The SMILES string of the molecule is CC(C)CCC[C@H](C)[C@H]1CC[C@H]2[C@@H]3CC[C@@H]4[C@@H]5Oc6ccccc6N=C5CC[C@]4(C)[C@H]3CC[C@]12C. The second-order valence-corrected chi connectivity index (χ2v) is 14.2. The highest BCUT2D eigenvalue weighted by molar-refractivity contribution is 5.94. The fraction of sp³-hybridized carbons (Fsp3) is 0.788. The molecule has 1 aromatic rings. The first-order chi connectivity index (χ1) is 16.8. The molecule has 0 bridgehead atoms. The van der Waals surface area contributed by atoms with E-state index in [9.17, 15) is 0 Å². The highest BCUT2D eigenvalue weighted by Gasteiger charge is 2.62. The minimum Gasteiger partial charge on any atom is -0.482 e. The van der Waals surface area contributed by atoms with Crippen LogP contribution in [-0.4, -0.2) is 11.8 Å². The van der Waals surface area contributed by atoms with Gasteiger partial charge in [-0.25, -0.2) is 0 Å². The average Bonchev–Trinajstić information content (AvgIpc) is 3.19. The molecule has 4 fully saturated rings. The number of nitrogens with zero attached hydrogens (tertiary/aromatic N) is 1. The Bertz CT molecular complexity index is 966. The Labute approximate surface area is 214 Å². The van der Waals surface area contributed by atoms with Crippen molar-refractivity contribution in [2.75, 3.05) is 0 Å². The maximum atomic E-state index is 6.73. The van der Waals surface area contributed by atoms with Gasteiger partial charge in [0.2, 0.25) is 0 Å². The Morgan fingerprint density at radius 2 is 1.66 bits per heavy atom. The standard InChI is InChI=1S/C33H49NO/c1-21(2)9-8-10-22(3)24-15-16-25-23-13-14-27-31-29(34-28-11-6-7-12-30(28)35-31)18-20-33(27,5)26(23)17-19-32(24,25)4/h6-7,11-12,21-27,31H,8-10,13-20H2,1-5H3/t22-,23-,24+,25-,26-,27+,31-,32+,33+/m0/s1. The molecule has 2 nitrogen and oxygen atoms in total. The van der Waals surface area contributed by atoms with Gasteiger partial charge in [0.1, 0.15) is 17.5 Å². The summed E-state index contributed by atoms with van der Waals surface area (Å²) in [6.07, 6.45) is 15.6. The van der Waals surface area contributed by atoms with Crippen molar-refractivity contribution >= 4 is 11.4 Å². The van der Waals surface area contributed by atoms with E-state index >= 15 is 0 Å². The number of hydrogen-bond acceptors (Lipinski definition) is 2. The summed E-state index contributed by atoms with van der Waals surface area (Å²) in [5.41, 5.74) is 3.38. The van der Waals surface area contributed by atoms with Crippen LogP contribution in [0.1, 0.15) is 105 Å². The van der Waals surface area contributed by atoms with Crippen molar-refractivity contribution in [3.63, 3.8) is 0 Å². The quantitative estimate of drug-likeness (QED) is 0.416. The predicted octanol–water partition coefficient (Wildman–Crippen LogP) is 9.25. The molecule has 9 atom stereocenters. The third-order valence-electron chi connectivity index (χ3n) is 12.1. The van der Waals surface area contributed by atoms with Crippen molar-refractivity contribution in [1.82, 2.24) is 0 Å². The highest BCUT2D eigenvalue weighted by atomic mass is 16.5. The van der Waals surface area contributed by atoms with E-state index in [1.54, 1.807) is 0 Å². The first-order valence-corrected chi connectivity index (χ1v) is 15.1. The topological polar surface area (TPSA) is 21.6 Å². The van der Waals surface area contributed by atoms with E-state index in [0.29, 0.717) is 16.7 Å². The smallest absolute Gasteiger partial charge is 0.145 e. The van der Waals surface area contributed by atoms with Gasteiger partial charge in [-0.1, -0.05) is 66.0 Å². The maximum absolute atomic E-state index is 6.73. The third kappa shape index (κ3) is 3.83. The molecule has 1 heterocycles. The van der Waals surface area contributed by atoms with E-state index in [4.69, 9.17) is 9.73 Å². The van der Waals surface area contributed by atoms with Crippen molar-refractivity contribution in [3.05, 3.63) is 24.3 Å². The molecular weight excluding hydrogens is 426 g/mol. The number of rotatable bonds is 5. The summed E-state index contributed by atoms with van der Waals surface area (Å²) in [5.74, 6) is 7.14. The zero-order valence-corrected chi connectivity index (χ0v) is 23.1. The van der Waals surface area contributed by atoms with E-state index < -0.39 is 0 Å². The average molecular weight is 476 g/mol. The van der Waals surface area contributed by atoms with Gasteiger partial charge in [-0.05, 0) is 110 Å². The van der Waals surface area contributed by atoms with Crippen LogP contribution in [0.4, 0.5) is 5.69 Å². The van der Waals surface area contributed by atoms with Crippen molar-refractivity contribution < 1.29 is 4.74 Å². The summed E-state index contributed by atoms with van der Waals surface area (Å²) in [7, 11) is 0. The van der Waals surface area contributed by atoms with Crippen molar-refractivity contribution in [3.8, 4) is 5.75 Å². The molecule has 2 heteroatoms. The summed E-state index contributed by atoms with van der Waals surface area (Å²) in [6, 6.07) is 8.43. The van der Waals surface area contributed by atoms with Gasteiger partial charge in [-0.15, -0.1) is 0 Å². The molecule has 0 amide bonds. The molecule has 1 aliphatic heterocycles. The summed E-state index contributed by atoms with van der Waals surface area (Å²) in [6.45, 7) is 12.8. The highest BCUT2D eigenvalue weighted by Crippen LogP contribution is 2.68. The number of hydrogen-bond donors (Lipinski definition) is 0. The third-order valence-corrected chi connectivity index (χ3v) is 12.1. The van der Waals surface area contributed by atoms with Gasteiger partial charge < -0.3 is 4.74 Å². The van der Waals surface area contributed by atoms with E-state index in [2.05, 4.69) is 58.9 Å². The molecule has 35 heavy (non-hydrogen) atoms. The molecule has 192 valence electrons. The molecule has 0 radical (unpaired) electrons. The zero-order chi connectivity index (χ0) is 24.4. The predicted molar refractivity (Wildman–Crippen MR) is 146 cm³/mol. The second kappa shape index (κ2) is 8.91. The van der Waals surface area contributed by atoms with Crippen LogP contribution in [0.15, 0.2) is 29.3 Å². The molecule has 4 aliphatic carbocycles. The summed E-state index contributed by atoms with van der Waals surface area (Å²) < 4.78 is 6.73. The maximum Gasteiger partial charge on any atom is 0.145 e. The number of benzene rings is 1. The van der Waals surface area contributed by atoms with E-state index in [0.717, 1.165) is 53.4 Å². The number of aliphatic imine (C=N–C) groups is 1. The fourth-order valence-electron chi connectivity index (χ4n) is 10.4. The zero-order valence-electron chi connectivity index (χ0n) is 23.1. The van der Waals surface area contributed by atoms with Crippen LogP contribution in [-0.2, 0) is 0 Å². The number of para-hydroxylation sites is 2. The summed E-state index contributed by atoms with van der Waals surface area (Å²) in [4.78, 5) is 5.11. The molecule has 6 rings (SSSR count). The van der Waals surface area contributed by atoms with Gasteiger partial charge >= 0.3 is 0 Å².